The average molecular weight is 656 g/mol. The third-order valence-electron chi connectivity index (χ3n) is 9.16. The van der Waals surface area contributed by atoms with Crippen LogP contribution in [0.1, 0.15) is 91.0 Å². The van der Waals surface area contributed by atoms with Gasteiger partial charge in [0.1, 0.15) is 29.6 Å². The van der Waals surface area contributed by atoms with Gasteiger partial charge in [0.05, 0.1) is 18.3 Å². The van der Waals surface area contributed by atoms with E-state index in [1.807, 2.05) is 6.92 Å². The van der Waals surface area contributed by atoms with E-state index in [1.165, 1.54) is 17.0 Å². The standard InChI is InChI=1S/C34H46FN5O7/c1-5-8-24(27(41)30(43)36-22-15-16-22)37-29(42)26-18-34(17-25(39-47-34)20-11-13-21(35)14-12-20)19-40(26)31(44)28(33(2,3)4)38-32(45)46-23-9-6-7-10-23/h11-14,17,22-24,26,28,39H,5-10,15-16,18-19H2,1-4H3,(H,36,43)(H,37,42)(H,38,45)/t24-,26-,28+,34+/m0/s1. The number of nitrogens with zero attached hydrogens (tertiary/aromatic N) is 1. The first-order valence-electron chi connectivity index (χ1n) is 16.6. The van der Waals surface area contributed by atoms with Crippen molar-refractivity contribution >= 4 is 35.3 Å². The SMILES string of the molecule is CCC[C@H](NC(=O)[C@@H]1C[C@]2(C=C(c3ccc(F)cc3)NO2)CN1C(=O)[C@@H](NC(=O)OC1CCCC1)C(C)(C)C)C(=O)C(=O)NC1CC1. The monoisotopic (exact) mass is 655 g/mol. The molecular weight excluding hydrogens is 609 g/mol. The first-order chi connectivity index (χ1) is 22.3. The molecule has 4 N–H and O–H groups in total. The lowest BCUT2D eigenvalue weighted by Crippen LogP contribution is -2.59. The summed E-state index contributed by atoms with van der Waals surface area (Å²) in [4.78, 5) is 74.5. The highest BCUT2D eigenvalue weighted by atomic mass is 19.1. The highest BCUT2D eigenvalue weighted by Gasteiger charge is 2.54. The van der Waals surface area contributed by atoms with Gasteiger partial charge in [0, 0.05) is 12.5 Å². The first kappa shape index (κ1) is 34.3. The molecule has 0 unspecified atom stereocenters. The van der Waals surface area contributed by atoms with Crippen molar-refractivity contribution in [2.75, 3.05) is 6.54 Å². The fourth-order valence-corrected chi connectivity index (χ4v) is 6.39. The lowest BCUT2D eigenvalue weighted by atomic mass is 9.85. The summed E-state index contributed by atoms with van der Waals surface area (Å²) in [5, 5.41) is 8.19. The van der Waals surface area contributed by atoms with Gasteiger partial charge >= 0.3 is 6.09 Å². The van der Waals surface area contributed by atoms with Crippen LogP contribution in [0.3, 0.4) is 0 Å². The van der Waals surface area contributed by atoms with E-state index in [2.05, 4.69) is 21.4 Å². The van der Waals surface area contributed by atoms with Crippen molar-refractivity contribution in [1.29, 1.82) is 0 Å². The van der Waals surface area contributed by atoms with Gasteiger partial charge in [0.25, 0.3) is 5.91 Å². The summed E-state index contributed by atoms with van der Waals surface area (Å²) in [5.41, 5.74) is 2.13. The maximum absolute atomic E-state index is 14.4. The maximum atomic E-state index is 14.4. The fraction of sp³-hybridized carbons (Fsp3) is 0.618. The van der Waals surface area contributed by atoms with E-state index in [0.717, 1.165) is 38.5 Å². The molecule has 1 aromatic rings. The van der Waals surface area contributed by atoms with Gasteiger partial charge in [-0.3, -0.25) is 29.5 Å². The van der Waals surface area contributed by atoms with Gasteiger partial charge in [-0.05, 0) is 86.3 Å². The Kier molecular flexibility index (Phi) is 10.2. The number of benzene rings is 1. The number of ether oxygens (including phenoxy) is 1. The van der Waals surface area contributed by atoms with Gasteiger partial charge in [-0.15, -0.1) is 0 Å². The Morgan fingerprint density at radius 1 is 1.06 bits per heavy atom. The van der Waals surface area contributed by atoms with Gasteiger partial charge in [-0.1, -0.05) is 34.1 Å². The predicted molar refractivity (Wildman–Crippen MR) is 170 cm³/mol. The molecule has 4 aliphatic rings. The molecule has 0 aromatic heterocycles. The Labute approximate surface area is 274 Å². The number of rotatable bonds is 11. The van der Waals surface area contributed by atoms with Gasteiger partial charge < -0.3 is 25.6 Å². The summed E-state index contributed by atoms with van der Waals surface area (Å²) < 4.78 is 19.2. The number of halogens is 1. The molecule has 2 heterocycles. The number of likely N-dealkylation sites (tertiary alicyclic amines) is 1. The zero-order valence-electron chi connectivity index (χ0n) is 27.5. The molecule has 2 aliphatic carbocycles. The third kappa shape index (κ3) is 8.30. The Balaban J connectivity index is 1.41. The van der Waals surface area contributed by atoms with Gasteiger partial charge in [0.15, 0.2) is 0 Å². The Morgan fingerprint density at radius 2 is 1.74 bits per heavy atom. The maximum Gasteiger partial charge on any atom is 0.408 e. The quantitative estimate of drug-likeness (QED) is 0.265. The van der Waals surface area contributed by atoms with Crippen molar-refractivity contribution in [3.63, 3.8) is 0 Å². The summed E-state index contributed by atoms with van der Waals surface area (Å²) in [6.07, 6.45) is 6.73. The second kappa shape index (κ2) is 14.0. The van der Waals surface area contributed by atoms with Crippen LogP contribution < -0.4 is 21.4 Å². The Bertz CT molecular complexity index is 1400. The number of carbonyl (C=O) groups excluding carboxylic acids is 5. The molecule has 3 fully saturated rings. The van der Waals surface area contributed by atoms with Crippen LogP contribution in [0, 0.1) is 11.2 Å². The minimum absolute atomic E-state index is 0.0208. The molecule has 2 aliphatic heterocycles. The molecule has 0 radical (unpaired) electrons. The van der Waals surface area contributed by atoms with Gasteiger partial charge in [-0.25, -0.2) is 9.18 Å². The number of amides is 4. The van der Waals surface area contributed by atoms with E-state index >= 15 is 0 Å². The van der Waals surface area contributed by atoms with Crippen molar-refractivity contribution in [1.82, 2.24) is 26.3 Å². The van der Waals surface area contributed by atoms with Crippen molar-refractivity contribution in [2.45, 2.75) is 121 Å². The second-order valence-corrected chi connectivity index (χ2v) is 14.2. The second-order valence-electron chi connectivity index (χ2n) is 14.2. The number of alkyl carbamates (subject to hydrolysis) is 1. The van der Waals surface area contributed by atoms with Crippen LogP contribution in [-0.4, -0.2) is 76.9 Å². The third-order valence-corrected chi connectivity index (χ3v) is 9.16. The number of hydrogen-bond acceptors (Lipinski definition) is 8. The predicted octanol–water partition coefficient (Wildman–Crippen LogP) is 3.26. The molecule has 4 amide bonds. The lowest BCUT2D eigenvalue weighted by Gasteiger charge is -2.35. The number of nitrogens with one attached hydrogen (secondary N) is 4. The van der Waals surface area contributed by atoms with E-state index in [-0.39, 0.29) is 31.5 Å². The Hall–Kier alpha value is -4.00. The first-order valence-corrected chi connectivity index (χ1v) is 16.6. The zero-order valence-corrected chi connectivity index (χ0v) is 27.5. The van der Waals surface area contributed by atoms with Crippen LogP contribution in [0.4, 0.5) is 9.18 Å². The van der Waals surface area contributed by atoms with Crippen LogP contribution >= 0.6 is 0 Å². The lowest BCUT2D eigenvalue weighted by molar-refractivity contribution is -0.144. The molecule has 1 spiro atoms. The number of hydroxylamine groups is 1. The van der Waals surface area contributed by atoms with Crippen LogP contribution in [-0.2, 0) is 28.8 Å². The number of Topliss-reactive ketones (excluding diaryl/α,β-unsaturated/α-hetero) is 1. The molecule has 4 atom stereocenters. The van der Waals surface area contributed by atoms with Gasteiger partial charge in [-0.2, -0.15) is 0 Å². The Morgan fingerprint density at radius 3 is 2.36 bits per heavy atom. The minimum Gasteiger partial charge on any atom is -0.446 e. The number of hydrogen-bond donors (Lipinski definition) is 4. The molecule has 47 heavy (non-hydrogen) atoms. The van der Waals surface area contributed by atoms with Crippen LogP contribution in [0.5, 0.6) is 0 Å². The number of carbonyl (C=O) groups is 5. The van der Waals surface area contributed by atoms with Crippen LogP contribution in [0.15, 0.2) is 30.3 Å². The summed E-state index contributed by atoms with van der Waals surface area (Å²) >= 11 is 0. The fourth-order valence-electron chi connectivity index (χ4n) is 6.39. The van der Waals surface area contributed by atoms with E-state index in [1.54, 1.807) is 39.0 Å². The molecule has 1 aromatic carbocycles. The molecule has 5 rings (SSSR count). The average Bonchev–Trinajstić information content (AvgIpc) is 3.37. The normalized spacial score (nSPS) is 23.9. The van der Waals surface area contributed by atoms with Crippen LogP contribution in [0.25, 0.3) is 5.70 Å². The van der Waals surface area contributed by atoms with E-state index < -0.39 is 64.6 Å². The summed E-state index contributed by atoms with van der Waals surface area (Å²) in [5.74, 6) is -3.01. The van der Waals surface area contributed by atoms with Crippen molar-refractivity contribution in [2.24, 2.45) is 5.41 Å². The summed E-state index contributed by atoms with van der Waals surface area (Å²) in [7, 11) is 0. The van der Waals surface area contributed by atoms with E-state index in [9.17, 15) is 28.4 Å². The topological polar surface area (TPSA) is 155 Å². The van der Waals surface area contributed by atoms with Crippen molar-refractivity contribution in [3.8, 4) is 0 Å². The largest absolute Gasteiger partial charge is 0.446 e. The summed E-state index contributed by atoms with van der Waals surface area (Å²) in [6, 6.07) is 2.53. The van der Waals surface area contributed by atoms with E-state index in [4.69, 9.17) is 9.57 Å². The highest BCUT2D eigenvalue weighted by molar-refractivity contribution is 6.38. The molecule has 0 bridgehead atoms. The molecule has 1 saturated heterocycles. The van der Waals surface area contributed by atoms with Crippen LogP contribution in [0.2, 0.25) is 0 Å². The highest BCUT2D eigenvalue weighted by Crippen LogP contribution is 2.39. The molecule has 2 saturated carbocycles. The smallest absolute Gasteiger partial charge is 0.408 e. The summed E-state index contributed by atoms with van der Waals surface area (Å²) in [6.45, 7) is 7.21. The molecule has 13 heteroatoms. The van der Waals surface area contributed by atoms with E-state index in [0.29, 0.717) is 17.7 Å². The molecule has 12 nitrogen and oxygen atoms in total. The molecular formula is C34H46FN5O7. The molecule has 256 valence electrons. The number of ketones is 1. The van der Waals surface area contributed by atoms with Crippen molar-refractivity contribution in [3.05, 3.63) is 41.7 Å². The zero-order chi connectivity index (χ0) is 33.9. The van der Waals surface area contributed by atoms with Gasteiger partial charge in [0.2, 0.25) is 17.6 Å². The van der Waals surface area contributed by atoms with Crippen molar-refractivity contribution < 1.29 is 37.9 Å². The minimum atomic E-state index is -1.15.